The van der Waals surface area contributed by atoms with Crippen LogP contribution < -0.4 is 0 Å². The third kappa shape index (κ3) is 3.54. The van der Waals surface area contributed by atoms with Crippen molar-refractivity contribution in [1.82, 2.24) is 0 Å². The van der Waals surface area contributed by atoms with Crippen molar-refractivity contribution in [3.63, 3.8) is 0 Å². The van der Waals surface area contributed by atoms with Gasteiger partial charge in [-0.15, -0.1) is 0 Å². The van der Waals surface area contributed by atoms with Crippen LogP contribution in [0.1, 0.15) is 99.3 Å². The molecule has 3 saturated carbocycles. The zero-order valence-electron chi connectivity index (χ0n) is 20.4. The summed E-state index contributed by atoms with van der Waals surface area (Å²) in [5.74, 6) is 4.84. The van der Waals surface area contributed by atoms with Crippen molar-refractivity contribution in [1.29, 1.82) is 0 Å². The van der Waals surface area contributed by atoms with Gasteiger partial charge in [-0.1, -0.05) is 60.0 Å². The zero-order chi connectivity index (χ0) is 21.8. The maximum Gasteiger partial charge on any atom is 0.159 e. The molecular weight excluding hydrogens is 368 g/mol. The highest BCUT2D eigenvalue weighted by atomic mass is 16.3. The van der Waals surface area contributed by atoms with Crippen LogP contribution >= 0.6 is 0 Å². The van der Waals surface area contributed by atoms with E-state index < -0.39 is 0 Å². The van der Waals surface area contributed by atoms with Gasteiger partial charge in [-0.3, -0.25) is 4.79 Å². The Morgan fingerprint density at radius 2 is 1.73 bits per heavy atom. The molecule has 0 radical (unpaired) electrons. The number of carbonyl (C=O) groups excluding carboxylic acids is 1. The Morgan fingerprint density at radius 1 is 1.00 bits per heavy atom. The second kappa shape index (κ2) is 8.05. The fourth-order valence-electron chi connectivity index (χ4n) is 8.42. The zero-order valence-corrected chi connectivity index (χ0v) is 20.4. The molecule has 9 atom stereocenters. The molecule has 0 heterocycles. The Hall–Kier alpha value is -0.630. The fourth-order valence-corrected chi connectivity index (χ4v) is 8.42. The number of aliphatic hydroxyl groups excluding tert-OH is 1. The van der Waals surface area contributed by atoms with Gasteiger partial charge in [-0.05, 0) is 97.4 Å². The molecule has 0 bridgehead atoms. The minimum atomic E-state index is -0.243. The maximum absolute atomic E-state index is 13.4. The number of rotatable bonds is 5. The quantitative estimate of drug-likeness (QED) is 0.536. The minimum absolute atomic E-state index is 0.148. The van der Waals surface area contributed by atoms with Crippen LogP contribution in [0, 0.1) is 52.3 Å². The minimum Gasteiger partial charge on any atom is -0.393 e. The van der Waals surface area contributed by atoms with E-state index >= 15 is 0 Å². The topological polar surface area (TPSA) is 37.3 Å². The molecule has 2 heteroatoms. The van der Waals surface area contributed by atoms with Crippen molar-refractivity contribution in [2.75, 3.05) is 0 Å². The largest absolute Gasteiger partial charge is 0.393 e. The summed E-state index contributed by atoms with van der Waals surface area (Å²) in [6.07, 6.45) is 12.2. The van der Waals surface area contributed by atoms with Crippen molar-refractivity contribution in [3.05, 3.63) is 11.6 Å². The standard InChI is InChI=1S/C28H46O2/c1-17(2)18(3)7-8-19(4)22-9-10-23-26-24(12-14-28(22,23)6)27(5)13-11-21(29)15-20(27)16-25(26)30/h16-19,21-24,26,29H,7-15H2,1-6H3/t18-,19+,21-,22+,23-,24+,26-,27-,28+/m0/s1. The van der Waals surface area contributed by atoms with Crippen molar-refractivity contribution in [2.45, 2.75) is 105 Å². The molecule has 4 aliphatic carbocycles. The van der Waals surface area contributed by atoms with E-state index in [0.29, 0.717) is 23.0 Å². The molecule has 0 amide bonds. The summed E-state index contributed by atoms with van der Waals surface area (Å²) >= 11 is 0. The van der Waals surface area contributed by atoms with Crippen molar-refractivity contribution >= 4 is 5.78 Å². The molecule has 0 aliphatic heterocycles. The van der Waals surface area contributed by atoms with Gasteiger partial charge >= 0.3 is 0 Å². The van der Waals surface area contributed by atoms with E-state index in [0.717, 1.165) is 42.9 Å². The normalized spacial score (nSPS) is 45.4. The van der Waals surface area contributed by atoms with Crippen LogP contribution in [0.5, 0.6) is 0 Å². The molecule has 0 spiro atoms. The first-order valence-electron chi connectivity index (χ1n) is 13.0. The van der Waals surface area contributed by atoms with Crippen LogP contribution in [0.2, 0.25) is 0 Å². The summed E-state index contributed by atoms with van der Waals surface area (Å²) in [6, 6.07) is 0. The van der Waals surface area contributed by atoms with E-state index in [1.165, 1.54) is 44.1 Å². The lowest BCUT2D eigenvalue weighted by Crippen LogP contribution is -2.53. The number of hydrogen-bond acceptors (Lipinski definition) is 2. The Morgan fingerprint density at radius 3 is 2.43 bits per heavy atom. The highest BCUT2D eigenvalue weighted by Gasteiger charge is 2.61. The first-order chi connectivity index (χ1) is 14.1. The van der Waals surface area contributed by atoms with Crippen molar-refractivity contribution in [3.8, 4) is 0 Å². The molecule has 0 saturated heterocycles. The average molecular weight is 415 g/mol. The highest BCUT2D eigenvalue weighted by Crippen LogP contribution is 2.66. The number of hydrogen-bond donors (Lipinski definition) is 1. The van der Waals surface area contributed by atoms with E-state index in [9.17, 15) is 9.90 Å². The molecule has 0 aromatic carbocycles. The molecular formula is C28H46O2. The molecule has 1 N–H and O–H groups in total. The number of fused-ring (bicyclic) bond motifs is 5. The predicted octanol–water partition coefficient (Wildman–Crippen LogP) is 6.81. The van der Waals surface area contributed by atoms with Gasteiger partial charge in [0.05, 0.1) is 6.10 Å². The smallest absolute Gasteiger partial charge is 0.159 e. The van der Waals surface area contributed by atoms with Crippen LogP contribution in [0.15, 0.2) is 11.6 Å². The van der Waals surface area contributed by atoms with E-state index in [2.05, 4.69) is 41.5 Å². The second-order valence-corrected chi connectivity index (χ2v) is 12.6. The SMILES string of the molecule is CC(C)[C@@H](C)CC[C@@H](C)[C@H]1CC[C@H]2[C@@H]3C(=O)C=C4C[C@@H](O)CC[C@]4(C)[C@@H]3CC[C@]12C. The lowest BCUT2D eigenvalue weighted by molar-refractivity contribution is -0.135. The van der Waals surface area contributed by atoms with E-state index in [4.69, 9.17) is 0 Å². The lowest BCUT2D eigenvalue weighted by atomic mass is 9.46. The Kier molecular flexibility index (Phi) is 6.06. The van der Waals surface area contributed by atoms with Crippen molar-refractivity contribution in [2.24, 2.45) is 52.3 Å². The fraction of sp³-hybridized carbons (Fsp3) is 0.893. The number of aliphatic hydroxyl groups is 1. The van der Waals surface area contributed by atoms with Crippen LogP contribution in [0.25, 0.3) is 0 Å². The maximum atomic E-state index is 13.4. The van der Waals surface area contributed by atoms with Gasteiger partial charge in [-0.2, -0.15) is 0 Å². The van der Waals surface area contributed by atoms with Gasteiger partial charge in [-0.25, -0.2) is 0 Å². The van der Waals surface area contributed by atoms with Crippen LogP contribution in [-0.2, 0) is 4.79 Å². The number of carbonyl (C=O) groups is 1. The van der Waals surface area contributed by atoms with Gasteiger partial charge in [0.15, 0.2) is 5.78 Å². The molecule has 0 aromatic heterocycles. The summed E-state index contributed by atoms with van der Waals surface area (Å²) in [6.45, 7) is 14.6. The number of ketones is 1. The third-order valence-corrected chi connectivity index (χ3v) is 10.9. The average Bonchev–Trinajstić information content (AvgIpc) is 3.04. The van der Waals surface area contributed by atoms with Gasteiger partial charge in [0.2, 0.25) is 0 Å². The van der Waals surface area contributed by atoms with Crippen LogP contribution in [-0.4, -0.2) is 17.0 Å². The summed E-state index contributed by atoms with van der Waals surface area (Å²) in [5, 5.41) is 10.2. The monoisotopic (exact) mass is 414 g/mol. The van der Waals surface area contributed by atoms with Crippen molar-refractivity contribution < 1.29 is 9.90 Å². The Bertz CT molecular complexity index is 693. The highest BCUT2D eigenvalue weighted by molar-refractivity contribution is 5.94. The van der Waals surface area contributed by atoms with Crippen LogP contribution in [0.3, 0.4) is 0 Å². The summed E-state index contributed by atoms with van der Waals surface area (Å²) in [5.41, 5.74) is 1.75. The predicted molar refractivity (Wildman–Crippen MR) is 124 cm³/mol. The van der Waals surface area contributed by atoms with Gasteiger partial charge in [0.1, 0.15) is 0 Å². The van der Waals surface area contributed by atoms with Gasteiger partial charge < -0.3 is 5.11 Å². The molecule has 4 rings (SSSR count). The molecule has 2 nitrogen and oxygen atoms in total. The Balaban J connectivity index is 1.54. The summed E-state index contributed by atoms with van der Waals surface area (Å²) < 4.78 is 0. The first kappa shape index (κ1) is 22.6. The second-order valence-electron chi connectivity index (χ2n) is 12.6. The number of allylic oxidation sites excluding steroid dienone is 1. The molecule has 3 fully saturated rings. The summed E-state index contributed by atoms with van der Waals surface area (Å²) in [4.78, 5) is 13.4. The molecule has 4 aliphatic rings. The molecule has 30 heavy (non-hydrogen) atoms. The van der Waals surface area contributed by atoms with E-state index in [1.54, 1.807) is 0 Å². The first-order valence-corrected chi connectivity index (χ1v) is 13.0. The van der Waals surface area contributed by atoms with E-state index in [-0.39, 0.29) is 17.4 Å². The molecule has 0 aromatic rings. The van der Waals surface area contributed by atoms with E-state index in [1.807, 2.05) is 6.08 Å². The van der Waals surface area contributed by atoms with Crippen LogP contribution in [0.4, 0.5) is 0 Å². The van der Waals surface area contributed by atoms with Gasteiger partial charge in [0.25, 0.3) is 0 Å². The lowest BCUT2D eigenvalue weighted by Gasteiger charge is -2.57. The van der Waals surface area contributed by atoms with Gasteiger partial charge in [0, 0.05) is 5.92 Å². The Labute approximate surface area is 185 Å². The summed E-state index contributed by atoms with van der Waals surface area (Å²) in [7, 11) is 0. The molecule has 0 unspecified atom stereocenters. The third-order valence-electron chi connectivity index (χ3n) is 10.9. The molecule has 170 valence electrons.